The van der Waals surface area contributed by atoms with Crippen LogP contribution in [0.1, 0.15) is 6.42 Å². The van der Waals surface area contributed by atoms with E-state index in [9.17, 15) is 23.3 Å². The SMILES string of the molecule is CNS(=O)(=O)CCCn1cc([N+](=O)[O-])ccc1=O. The van der Waals surface area contributed by atoms with Crippen LogP contribution in [0.4, 0.5) is 5.69 Å². The fourth-order valence-electron chi connectivity index (χ4n) is 1.33. The number of hydrogen-bond donors (Lipinski definition) is 1. The van der Waals surface area contributed by atoms with Crippen molar-refractivity contribution in [3.63, 3.8) is 0 Å². The first kappa shape index (κ1) is 14.3. The number of nitrogens with zero attached hydrogens (tertiary/aromatic N) is 2. The van der Waals surface area contributed by atoms with Crippen molar-refractivity contribution in [3.05, 3.63) is 38.8 Å². The number of hydrogen-bond acceptors (Lipinski definition) is 5. The highest BCUT2D eigenvalue weighted by Gasteiger charge is 2.10. The average Bonchev–Trinajstić information content (AvgIpc) is 2.31. The first-order valence-corrected chi connectivity index (χ1v) is 6.77. The maximum Gasteiger partial charge on any atom is 0.285 e. The summed E-state index contributed by atoms with van der Waals surface area (Å²) >= 11 is 0. The van der Waals surface area contributed by atoms with Gasteiger partial charge >= 0.3 is 0 Å². The molecule has 1 aromatic rings. The highest BCUT2D eigenvalue weighted by Crippen LogP contribution is 2.06. The normalized spacial score (nSPS) is 11.4. The molecule has 1 rings (SSSR count). The summed E-state index contributed by atoms with van der Waals surface area (Å²) in [6, 6.07) is 2.20. The van der Waals surface area contributed by atoms with E-state index in [1.54, 1.807) is 0 Å². The monoisotopic (exact) mass is 275 g/mol. The predicted octanol–water partition coefficient (Wildman–Crippen LogP) is -0.304. The number of nitrogens with one attached hydrogen (secondary N) is 1. The zero-order chi connectivity index (χ0) is 13.8. The quantitative estimate of drug-likeness (QED) is 0.565. The van der Waals surface area contributed by atoms with Gasteiger partial charge in [-0.2, -0.15) is 0 Å². The molecule has 0 aromatic carbocycles. The zero-order valence-corrected chi connectivity index (χ0v) is 10.5. The van der Waals surface area contributed by atoms with E-state index in [0.29, 0.717) is 0 Å². The Bertz CT molecular complexity index is 592. The number of rotatable bonds is 6. The summed E-state index contributed by atoms with van der Waals surface area (Å²) in [6.45, 7) is 0.113. The fraction of sp³-hybridized carbons (Fsp3) is 0.444. The molecule has 0 aliphatic rings. The van der Waals surface area contributed by atoms with Gasteiger partial charge in [-0.3, -0.25) is 14.9 Å². The van der Waals surface area contributed by atoms with Crippen molar-refractivity contribution in [2.45, 2.75) is 13.0 Å². The molecule has 0 aliphatic heterocycles. The largest absolute Gasteiger partial charge is 0.309 e. The van der Waals surface area contributed by atoms with Crippen molar-refractivity contribution in [2.24, 2.45) is 0 Å². The fourth-order valence-corrected chi connectivity index (χ4v) is 2.04. The average molecular weight is 275 g/mol. The minimum Gasteiger partial charge on any atom is -0.309 e. The Morgan fingerprint density at radius 1 is 1.44 bits per heavy atom. The van der Waals surface area contributed by atoms with Crippen LogP contribution in [0.15, 0.2) is 23.1 Å². The standard InChI is InChI=1S/C9H13N3O5S/c1-10-18(16,17)6-2-5-11-7-8(12(14)15)3-4-9(11)13/h3-4,7,10H,2,5-6H2,1H3. The molecule has 1 heterocycles. The first-order valence-electron chi connectivity index (χ1n) is 5.12. The van der Waals surface area contributed by atoms with Gasteiger partial charge in [0.25, 0.3) is 11.2 Å². The second-order valence-corrected chi connectivity index (χ2v) is 5.60. The second kappa shape index (κ2) is 5.74. The van der Waals surface area contributed by atoms with Gasteiger partial charge in [0.05, 0.1) is 16.9 Å². The van der Waals surface area contributed by atoms with Crippen molar-refractivity contribution in [2.75, 3.05) is 12.8 Å². The van der Waals surface area contributed by atoms with E-state index < -0.39 is 20.5 Å². The molecule has 100 valence electrons. The number of pyridine rings is 1. The van der Waals surface area contributed by atoms with E-state index in [4.69, 9.17) is 0 Å². The molecule has 0 unspecified atom stereocenters. The summed E-state index contributed by atoms with van der Waals surface area (Å²) in [6.07, 6.45) is 1.30. The van der Waals surface area contributed by atoms with Crippen LogP contribution in [-0.4, -0.2) is 30.7 Å². The zero-order valence-electron chi connectivity index (χ0n) is 9.70. The number of aryl methyl sites for hydroxylation is 1. The van der Waals surface area contributed by atoms with Gasteiger partial charge in [0.1, 0.15) is 0 Å². The molecule has 0 spiro atoms. The Labute approximate surface area is 103 Å². The maximum absolute atomic E-state index is 11.4. The minimum absolute atomic E-state index is 0.113. The Morgan fingerprint density at radius 3 is 2.67 bits per heavy atom. The summed E-state index contributed by atoms with van der Waals surface area (Å²) in [5.41, 5.74) is -0.603. The molecule has 9 heteroatoms. The summed E-state index contributed by atoms with van der Waals surface area (Å²) in [7, 11) is -2.03. The molecule has 0 saturated carbocycles. The van der Waals surface area contributed by atoms with Crippen LogP contribution in [0.2, 0.25) is 0 Å². The van der Waals surface area contributed by atoms with E-state index in [1.807, 2.05) is 0 Å². The Morgan fingerprint density at radius 2 is 2.11 bits per heavy atom. The Kier molecular flexibility index (Phi) is 4.56. The summed E-state index contributed by atoms with van der Waals surface area (Å²) in [4.78, 5) is 21.3. The highest BCUT2D eigenvalue weighted by atomic mass is 32.2. The molecule has 1 aromatic heterocycles. The third-order valence-corrected chi connectivity index (χ3v) is 3.75. The minimum atomic E-state index is -3.33. The second-order valence-electron chi connectivity index (χ2n) is 3.55. The van der Waals surface area contributed by atoms with Gasteiger partial charge in [-0.05, 0) is 13.5 Å². The molecule has 8 nitrogen and oxygen atoms in total. The topological polar surface area (TPSA) is 111 Å². The van der Waals surface area contributed by atoms with Gasteiger partial charge < -0.3 is 4.57 Å². The molecule has 18 heavy (non-hydrogen) atoms. The van der Waals surface area contributed by atoms with Gasteiger partial charge in [-0.15, -0.1) is 0 Å². The molecule has 0 fully saturated rings. The lowest BCUT2D eigenvalue weighted by Crippen LogP contribution is -2.25. The van der Waals surface area contributed by atoms with Crippen LogP contribution < -0.4 is 10.3 Å². The molecule has 0 bridgehead atoms. The molecule has 0 saturated heterocycles. The Hall–Kier alpha value is -1.74. The van der Waals surface area contributed by atoms with Gasteiger partial charge in [0, 0.05) is 18.7 Å². The lowest BCUT2D eigenvalue weighted by atomic mass is 10.4. The van der Waals surface area contributed by atoms with E-state index in [1.165, 1.54) is 7.05 Å². The summed E-state index contributed by atoms with van der Waals surface area (Å²) in [5, 5.41) is 10.5. The third kappa shape index (κ3) is 3.93. The van der Waals surface area contributed by atoms with Crippen LogP contribution in [0, 0.1) is 10.1 Å². The van der Waals surface area contributed by atoms with Crippen molar-refractivity contribution < 1.29 is 13.3 Å². The van der Waals surface area contributed by atoms with Crippen molar-refractivity contribution in [1.29, 1.82) is 0 Å². The molecule has 0 radical (unpaired) electrons. The van der Waals surface area contributed by atoms with E-state index in [0.717, 1.165) is 22.9 Å². The molecule has 1 N–H and O–H groups in total. The lowest BCUT2D eigenvalue weighted by molar-refractivity contribution is -0.385. The molecule has 0 amide bonds. The van der Waals surface area contributed by atoms with Crippen LogP contribution in [0.5, 0.6) is 0 Å². The van der Waals surface area contributed by atoms with Crippen molar-refractivity contribution in [3.8, 4) is 0 Å². The van der Waals surface area contributed by atoms with Crippen LogP contribution in [0.3, 0.4) is 0 Å². The van der Waals surface area contributed by atoms with Crippen LogP contribution in [0.25, 0.3) is 0 Å². The number of aromatic nitrogens is 1. The van der Waals surface area contributed by atoms with Crippen LogP contribution in [-0.2, 0) is 16.6 Å². The summed E-state index contributed by atoms with van der Waals surface area (Å²) < 4.78 is 25.6. The highest BCUT2D eigenvalue weighted by molar-refractivity contribution is 7.89. The van der Waals surface area contributed by atoms with Crippen LogP contribution >= 0.6 is 0 Å². The number of nitro groups is 1. The van der Waals surface area contributed by atoms with E-state index in [-0.39, 0.29) is 24.4 Å². The third-order valence-electron chi connectivity index (χ3n) is 2.30. The molecule has 0 atom stereocenters. The van der Waals surface area contributed by atoms with E-state index >= 15 is 0 Å². The van der Waals surface area contributed by atoms with Gasteiger partial charge in [0.15, 0.2) is 0 Å². The number of sulfonamides is 1. The van der Waals surface area contributed by atoms with Crippen molar-refractivity contribution in [1.82, 2.24) is 9.29 Å². The van der Waals surface area contributed by atoms with Gasteiger partial charge in [0.2, 0.25) is 10.0 Å². The summed E-state index contributed by atoms with van der Waals surface area (Å²) in [5.74, 6) is -0.140. The van der Waals surface area contributed by atoms with Gasteiger partial charge in [-0.25, -0.2) is 13.1 Å². The molecule has 0 aliphatic carbocycles. The lowest BCUT2D eigenvalue weighted by Gasteiger charge is -2.05. The van der Waals surface area contributed by atoms with Crippen molar-refractivity contribution >= 4 is 15.7 Å². The van der Waals surface area contributed by atoms with Gasteiger partial charge in [-0.1, -0.05) is 0 Å². The van der Waals surface area contributed by atoms with E-state index in [2.05, 4.69) is 4.72 Å². The molecular weight excluding hydrogens is 262 g/mol. The first-order chi connectivity index (χ1) is 8.35. The Balaban J connectivity index is 2.76. The smallest absolute Gasteiger partial charge is 0.285 e. The maximum atomic E-state index is 11.4. The predicted molar refractivity (Wildman–Crippen MR) is 64.8 cm³/mol. The molecular formula is C9H13N3O5S.